The van der Waals surface area contributed by atoms with Gasteiger partial charge >= 0.3 is 0 Å². The number of hydrogen-bond acceptors (Lipinski definition) is 4. The van der Waals surface area contributed by atoms with Crippen molar-refractivity contribution in [3.63, 3.8) is 0 Å². The van der Waals surface area contributed by atoms with Gasteiger partial charge in [-0.3, -0.25) is 14.9 Å². The second-order valence-electron chi connectivity index (χ2n) is 2.90. The molecule has 14 heavy (non-hydrogen) atoms. The topological polar surface area (TPSA) is 76.9 Å². The Kier molecular flexibility index (Phi) is 1.88. The van der Waals surface area contributed by atoms with Gasteiger partial charge in [0.1, 0.15) is 12.2 Å². The highest BCUT2D eigenvalue weighted by Gasteiger charge is 2.34. The van der Waals surface area contributed by atoms with Gasteiger partial charge in [-0.05, 0) is 6.42 Å². The molecule has 6 nitrogen and oxygen atoms in total. The van der Waals surface area contributed by atoms with E-state index in [9.17, 15) is 9.59 Å². The highest BCUT2D eigenvalue weighted by atomic mass is 16.2. The molecule has 0 spiro atoms. The standard InChI is InChI=1S/C8H8N4O2/c1-2-3-5-6(13)11-8-9-4-10-12(8)7(5)14/h2,4-5H,1,3H2,(H,9,10,11,13). The molecule has 0 radical (unpaired) electrons. The number of allylic oxidation sites excluding steroid dienone is 1. The molecular formula is C8H8N4O2. The van der Waals surface area contributed by atoms with Gasteiger partial charge < -0.3 is 0 Å². The molecule has 1 aromatic rings. The maximum atomic E-state index is 11.6. The number of hydrogen-bond donors (Lipinski definition) is 1. The van der Waals surface area contributed by atoms with Crippen LogP contribution in [0.1, 0.15) is 11.2 Å². The summed E-state index contributed by atoms with van der Waals surface area (Å²) < 4.78 is 1.09. The summed E-state index contributed by atoms with van der Waals surface area (Å²) in [5.74, 6) is -1.27. The van der Waals surface area contributed by atoms with Gasteiger partial charge in [0.2, 0.25) is 11.9 Å². The minimum Gasteiger partial charge on any atom is -0.294 e. The van der Waals surface area contributed by atoms with E-state index in [1.807, 2.05) is 0 Å². The van der Waals surface area contributed by atoms with Crippen molar-refractivity contribution in [3.8, 4) is 0 Å². The molecule has 1 atom stereocenters. The quantitative estimate of drug-likeness (QED) is 0.531. The van der Waals surface area contributed by atoms with Crippen molar-refractivity contribution < 1.29 is 9.59 Å². The van der Waals surface area contributed by atoms with Crippen LogP contribution in [0.5, 0.6) is 0 Å². The highest BCUT2D eigenvalue weighted by molar-refractivity contribution is 6.10. The Bertz CT molecular complexity index is 409. The van der Waals surface area contributed by atoms with Crippen LogP contribution in [0.4, 0.5) is 5.95 Å². The Morgan fingerprint density at radius 2 is 2.43 bits per heavy atom. The lowest BCUT2D eigenvalue weighted by atomic mass is 10.0. The van der Waals surface area contributed by atoms with E-state index in [4.69, 9.17) is 0 Å². The zero-order valence-corrected chi connectivity index (χ0v) is 7.30. The first-order valence-corrected chi connectivity index (χ1v) is 4.10. The zero-order chi connectivity index (χ0) is 10.1. The number of aromatic nitrogens is 3. The van der Waals surface area contributed by atoms with E-state index < -0.39 is 5.92 Å². The third kappa shape index (κ3) is 1.12. The fourth-order valence-electron chi connectivity index (χ4n) is 1.32. The van der Waals surface area contributed by atoms with Crippen LogP contribution in [-0.2, 0) is 4.79 Å². The maximum Gasteiger partial charge on any atom is 0.262 e. The first-order valence-electron chi connectivity index (χ1n) is 4.10. The minimum atomic E-state index is -0.735. The summed E-state index contributed by atoms with van der Waals surface area (Å²) >= 11 is 0. The molecule has 0 bridgehead atoms. The van der Waals surface area contributed by atoms with Crippen molar-refractivity contribution in [2.24, 2.45) is 5.92 Å². The van der Waals surface area contributed by atoms with Crippen molar-refractivity contribution in [2.75, 3.05) is 5.32 Å². The van der Waals surface area contributed by atoms with Gasteiger partial charge in [-0.15, -0.1) is 6.58 Å². The molecule has 2 heterocycles. The van der Waals surface area contributed by atoms with Gasteiger partial charge in [-0.2, -0.15) is 14.8 Å². The van der Waals surface area contributed by atoms with Crippen molar-refractivity contribution in [1.29, 1.82) is 0 Å². The van der Waals surface area contributed by atoms with Crippen LogP contribution in [0.15, 0.2) is 19.0 Å². The molecule has 0 fully saturated rings. The van der Waals surface area contributed by atoms with Crippen molar-refractivity contribution in [3.05, 3.63) is 19.0 Å². The molecule has 0 saturated carbocycles. The number of rotatable bonds is 2. The van der Waals surface area contributed by atoms with Crippen molar-refractivity contribution in [2.45, 2.75) is 6.42 Å². The Balaban J connectivity index is 2.38. The first kappa shape index (κ1) is 8.61. The SMILES string of the molecule is C=CCC1C(=O)Nc2ncnn2C1=O. The van der Waals surface area contributed by atoms with E-state index >= 15 is 0 Å². The molecule has 1 amide bonds. The molecule has 0 aromatic carbocycles. The smallest absolute Gasteiger partial charge is 0.262 e. The summed E-state index contributed by atoms with van der Waals surface area (Å²) in [7, 11) is 0. The van der Waals surface area contributed by atoms with Gasteiger partial charge in [0.15, 0.2) is 0 Å². The van der Waals surface area contributed by atoms with Crippen LogP contribution < -0.4 is 5.32 Å². The predicted octanol–water partition coefficient (Wildman–Crippen LogP) is 0.0627. The molecular weight excluding hydrogens is 184 g/mol. The fraction of sp³-hybridized carbons (Fsp3) is 0.250. The van der Waals surface area contributed by atoms with E-state index in [0.717, 1.165) is 4.68 Å². The second-order valence-corrected chi connectivity index (χ2v) is 2.90. The number of anilines is 1. The summed E-state index contributed by atoms with van der Waals surface area (Å²) in [5.41, 5.74) is 0. The zero-order valence-electron chi connectivity index (χ0n) is 7.30. The molecule has 6 heteroatoms. The predicted molar refractivity (Wildman–Crippen MR) is 47.6 cm³/mol. The van der Waals surface area contributed by atoms with E-state index in [-0.39, 0.29) is 17.8 Å². The summed E-state index contributed by atoms with van der Waals surface area (Å²) in [6.45, 7) is 3.49. The molecule has 0 aliphatic carbocycles. The van der Waals surface area contributed by atoms with Crippen LogP contribution in [0.3, 0.4) is 0 Å². The Labute approximate surface area is 79.6 Å². The number of carbonyl (C=O) groups is 2. The Hall–Kier alpha value is -1.98. The maximum absolute atomic E-state index is 11.6. The van der Waals surface area contributed by atoms with Crippen LogP contribution >= 0.6 is 0 Å². The van der Waals surface area contributed by atoms with E-state index in [0.29, 0.717) is 6.42 Å². The number of nitrogens with one attached hydrogen (secondary N) is 1. The minimum absolute atomic E-state index is 0.181. The third-order valence-corrected chi connectivity index (χ3v) is 2.01. The van der Waals surface area contributed by atoms with Gasteiger partial charge in [-0.1, -0.05) is 6.08 Å². The number of carbonyl (C=O) groups excluding carboxylic acids is 2. The van der Waals surface area contributed by atoms with E-state index in [2.05, 4.69) is 22.0 Å². The molecule has 0 saturated heterocycles. The van der Waals surface area contributed by atoms with Crippen LogP contribution in [0.2, 0.25) is 0 Å². The monoisotopic (exact) mass is 192 g/mol. The largest absolute Gasteiger partial charge is 0.294 e. The van der Waals surface area contributed by atoms with Crippen LogP contribution in [0, 0.1) is 5.92 Å². The first-order chi connectivity index (χ1) is 6.74. The van der Waals surface area contributed by atoms with Crippen molar-refractivity contribution in [1.82, 2.24) is 14.8 Å². The highest BCUT2D eigenvalue weighted by Crippen LogP contribution is 2.17. The Morgan fingerprint density at radius 1 is 1.64 bits per heavy atom. The normalized spacial score (nSPS) is 20.1. The molecule has 72 valence electrons. The number of nitrogens with zero attached hydrogens (tertiary/aromatic N) is 3. The summed E-state index contributed by atoms with van der Waals surface area (Å²) in [6, 6.07) is 0. The molecule has 1 aromatic heterocycles. The lowest BCUT2D eigenvalue weighted by Crippen LogP contribution is -2.39. The molecule has 1 unspecified atom stereocenters. The molecule has 1 aliphatic heterocycles. The second kappa shape index (κ2) is 3.06. The van der Waals surface area contributed by atoms with Crippen molar-refractivity contribution >= 4 is 17.8 Å². The van der Waals surface area contributed by atoms with E-state index in [1.165, 1.54) is 12.4 Å². The van der Waals surface area contributed by atoms with Gasteiger partial charge in [-0.25, -0.2) is 0 Å². The fourth-order valence-corrected chi connectivity index (χ4v) is 1.32. The number of fused-ring (bicyclic) bond motifs is 1. The lowest BCUT2D eigenvalue weighted by Gasteiger charge is -2.19. The molecule has 1 aliphatic rings. The molecule has 1 N–H and O–H groups in total. The third-order valence-electron chi connectivity index (χ3n) is 2.01. The lowest BCUT2D eigenvalue weighted by molar-refractivity contribution is -0.119. The average molecular weight is 192 g/mol. The van der Waals surface area contributed by atoms with Crippen LogP contribution in [0.25, 0.3) is 0 Å². The van der Waals surface area contributed by atoms with E-state index in [1.54, 1.807) is 0 Å². The summed E-state index contributed by atoms with van der Waals surface area (Å²) in [4.78, 5) is 26.7. The Morgan fingerprint density at radius 3 is 3.14 bits per heavy atom. The average Bonchev–Trinajstić information content (AvgIpc) is 2.60. The van der Waals surface area contributed by atoms with Gasteiger partial charge in [0, 0.05) is 0 Å². The summed E-state index contributed by atoms with van der Waals surface area (Å²) in [6.07, 6.45) is 3.07. The summed E-state index contributed by atoms with van der Waals surface area (Å²) in [5, 5.41) is 6.20. The molecule has 2 rings (SSSR count). The number of amides is 1. The van der Waals surface area contributed by atoms with Gasteiger partial charge in [0.05, 0.1) is 0 Å². The van der Waals surface area contributed by atoms with Gasteiger partial charge in [0.25, 0.3) is 5.91 Å². The van der Waals surface area contributed by atoms with Crippen LogP contribution in [-0.4, -0.2) is 26.6 Å².